The van der Waals surface area contributed by atoms with Crippen LogP contribution < -0.4 is 0 Å². The molecule has 2 saturated heterocycles. The predicted octanol–water partition coefficient (Wildman–Crippen LogP) is 4.20. The molecule has 2 aliphatic rings. The van der Waals surface area contributed by atoms with Crippen molar-refractivity contribution in [1.82, 2.24) is 19.7 Å². The number of hydrogen-bond donors (Lipinski definition) is 2. The summed E-state index contributed by atoms with van der Waals surface area (Å²) < 4.78 is 27.7. The summed E-state index contributed by atoms with van der Waals surface area (Å²) in [5, 5.41) is 17.5. The highest BCUT2D eigenvalue weighted by molar-refractivity contribution is 5.94. The van der Waals surface area contributed by atoms with Gasteiger partial charge >= 0.3 is 5.97 Å². The van der Waals surface area contributed by atoms with Crippen molar-refractivity contribution in [2.45, 2.75) is 44.1 Å². The van der Waals surface area contributed by atoms with Crippen LogP contribution in [0.15, 0.2) is 30.5 Å². The lowest BCUT2D eigenvalue weighted by molar-refractivity contribution is -0.147. The van der Waals surface area contributed by atoms with Crippen molar-refractivity contribution in [3.8, 4) is 5.69 Å². The van der Waals surface area contributed by atoms with Gasteiger partial charge in [0, 0.05) is 47.4 Å². The molecule has 2 fully saturated rings. The molecule has 2 atom stereocenters. The molecule has 3 aromatic heterocycles. The standard InChI is InChI=1S/C25H25FN4O4/c1-13-8-17(2-3-18(13)26)30-19-9-15-11-27-29-24(15)28-22(19)21(16-10-20(25(31)32)34-12-16)23(30)14-4-6-33-7-5-14/h2-3,8-9,11,14,16,20H,4-7,10,12H2,1H3,(H,31,32)(H,27,28,29)/t16?,20-/m0/s1. The third kappa shape index (κ3) is 3.38. The number of nitrogens with one attached hydrogen (secondary N) is 1. The Kier molecular flexibility index (Phi) is 5.11. The van der Waals surface area contributed by atoms with Gasteiger partial charge in [0.1, 0.15) is 5.82 Å². The van der Waals surface area contributed by atoms with Crippen molar-refractivity contribution >= 4 is 28.0 Å². The molecular formula is C25H25FN4O4. The number of pyridine rings is 1. The molecule has 0 bridgehead atoms. The highest BCUT2D eigenvalue weighted by Gasteiger charge is 2.38. The van der Waals surface area contributed by atoms with E-state index in [4.69, 9.17) is 14.5 Å². The molecule has 4 aromatic rings. The minimum Gasteiger partial charge on any atom is -0.479 e. The molecular weight excluding hydrogens is 439 g/mol. The van der Waals surface area contributed by atoms with Crippen molar-refractivity contribution in [3.05, 3.63) is 53.1 Å². The maximum absolute atomic E-state index is 14.2. The lowest BCUT2D eigenvalue weighted by Crippen LogP contribution is -2.20. The molecule has 1 aromatic carbocycles. The van der Waals surface area contributed by atoms with E-state index in [1.807, 2.05) is 6.07 Å². The van der Waals surface area contributed by atoms with Crippen molar-refractivity contribution in [2.24, 2.45) is 0 Å². The Balaban J connectivity index is 1.66. The van der Waals surface area contributed by atoms with Crippen LogP contribution >= 0.6 is 0 Å². The highest BCUT2D eigenvalue weighted by Crippen LogP contribution is 2.44. The number of halogens is 1. The molecule has 1 unspecified atom stereocenters. The number of carboxylic acids is 1. The first-order chi connectivity index (χ1) is 16.5. The van der Waals surface area contributed by atoms with Gasteiger partial charge in [-0.3, -0.25) is 5.10 Å². The molecule has 6 rings (SSSR count). The van der Waals surface area contributed by atoms with Gasteiger partial charge < -0.3 is 19.1 Å². The number of hydrogen-bond acceptors (Lipinski definition) is 5. The number of H-pyrrole nitrogens is 1. The van der Waals surface area contributed by atoms with Crippen LogP contribution in [0.1, 0.15) is 47.9 Å². The number of carboxylic acid groups (broad SMARTS) is 1. The van der Waals surface area contributed by atoms with Gasteiger partial charge in [0.15, 0.2) is 11.8 Å². The van der Waals surface area contributed by atoms with Crippen LogP contribution in [0.2, 0.25) is 0 Å². The van der Waals surface area contributed by atoms with Gasteiger partial charge in [-0.05, 0) is 56.0 Å². The van der Waals surface area contributed by atoms with Crippen LogP contribution in [0.4, 0.5) is 4.39 Å². The van der Waals surface area contributed by atoms with Crippen LogP contribution in [0.3, 0.4) is 0 Å². The molecule has 0 amide bonds. The predicted molar refractivity (Wildman–Crippen MR) is 123 cm³/mol. The molecule has 9 heteroatoms. The molecule has 0 aliphatic carbocycles. The molecule has 0 spiro atoms. The van der Waals surface area contributed by atoms with Crippen molar-refractivity contribution in [2.75, 3.05) is 19.8 Å². The summed E-state index contributed by atoms with van der Waals surface area (Å²) in [7, 11) is 0. The van der Waals surface area contributed by atoms with Gasteiger partial charge in [-0.25, -0.2) is 14.2 Å². The molecule has 2 N–H and O–H groups in total. The third-order valence-corrected chi connectivity index (χ3v) is 7.11. The second-order valence-corrected chi connectivity index (χ2v) is 9.21. The Morgan fingerprint density at radius 2 is 2.06 bits per heavy atom. The van der Waals surface area contributed by atoms with Crippen LogP contribution in [0.25, 0.3) is 27.8 Å². The van der Waals surface area contributed by atoms with E-state index in [0.29, 0.717) is 37.5 Å². The number of carbonyl (C=O) groups is 1. The lowest BCUT2D eigenvalue weighted by atomic mass is 9.87. The van der Waals surface area contributed by atoms with E-state index in [9.17, 15) is 14.3 Å². The molecule has 176 valence electrons. The number of aromatic nitrogens is 4. The molecule has 2 aliphatic heterocycles. The first-order valence-electron chi connectivity index (χ1n) is 11.6. The van der Waals surface area contributed by atoms with E-state index < -0.39 is 12.1 Å². The Morgan fingerprint density at radius 3 is 2.79 bits per heavy atom. The summed E-state index contributed by atoms with van der Waals surface area (Å²) in [6.45, 7) is 3.39. The molecule has 0 saturated carbocycles. The normalized spacial score (nSPS) is 21.6. The SMILES string of the molecule is Cc1cc(-n2c(C3CCOCC3)c(C3CO[C@H](C(=O)O)C3)c3nc4[nH]ncc4cc32)ccc1F. The van der Waals surface area contributed by atoms with E-state index >= 15 is 0 Å². The fraction of sp³-hybridized carbons (Fsp3) is 0.400. The Labute approximate surface area is 194 Å². The summed E-state index contributed by atoms with van der Waals surface area (Å²) in [4.78, 5) is 16.6. The summed E-state index contributed by atoms with van der Waals surface area (Å²) in [5.41, 5.74) is 5.91. The van der Waals surface area contributed by atoms with Crippen LogP contribution in [0, 0.1) is 12.7 Å². The summed E-state index contributed by atoms with van der Waals surface area (Å²) in [6, 6.07) is 7.19. The van der Waals surface area contributed by atoms with Gasteiger partial charge in [0.25, 0.3) is 0 Å². The second-order valence-electron chi connectivity index (χ2n) is 9.21. The van der Waals surface area contributed by atoms with Gasteiger partial charge in [-0.15, -0.1) is 0 Å². The monoisotopic (exact) mass is 464 g/mol. The van der Waals surface area contributed by atoms with E-state index in [2.05, 4.69) is 20.8 Å². The maximum Gasteiger partial charge on any atom is 0.332 e. The molecule has 34 heavy (non-hydrogen) atoms. The summed E-state index contributed by atoms with van der Waals surface area (Å²) >= 11 is 0. The van der Waals surface area contributed by atoms with Crippen LogP contribution in [-0.4, -0.2) is 56.7 Å². The van der Waals surface area contributed by atoms with E-state index in [1.54, 1.807) is 19.2 Å². The number of aliphatic carboxylic acids is 1. The number of fused-ring (bicyclic) bond motifs is 2. The number of benzene rings is 1. The second kappa shape index (κ2) is 8.18. The number of aryl methyl sites for hydroxylation is 1. The minimum atomic E-state index is -0.947. The van der Waals surface area contributed by atoms with Gasteiger partial charge in [-0.2, -0.15) is 5.10 Å². The molecule has 8 nitrogen and oxygen atoms in total. The smallest absolute Gasteiger partial charge is 0.332 e. The Morgan fingerprint density at radius 1 is 1.24 bits per heavy atom. The fourth-order valence-corrected chi connectivity index (χ4v) is 5.43. The quantitative estimate of drug-likeness (QED) is 0.469. The van der Waals surface area contributed by atoms with E-state index in [-0.39, 0.29) is 17.7 Å². The topological polar surface area (TPSA) is 102 Å². The van der Waals surface area contributed by atoms with E-state index in [1.165, 1.54) is 6.07 Å². The highest BCUT2D eigenvalue weighted by atomic mass is 19.1. The van der Waals surface area contributed by atoms with Crippen LogP contribution in [0.5, 0.6) is 0 Å². The summed E-state index contributed by atoms with van der Waals surface area (Å²) in [5.74, 6) is -1.12. The lowest BCUT2D eigenvalue weighted by Gasteiger charge is -2.26. The van der Waals surface area contributed by atoms with Gasteiger partial charge in [-0.1, -0.05) is 0 Å². The zero-order valence-corrected chi connectivity index (χ0v) is 18.8. The molecule has 5 heterocycles. The van der Waals surface area contributed by atoms with Gasteiger partial charge in [0.05, 0.1) is 23.8 Å². The Hall–Kier alpha value is -3.30. The zero-order chi connectivity index (χ0) is 23.4. The summed E-state index contributed by atoms with van der Waals surface area (Å²) in [6.07, 6.45) is 2.98. The average Bonchev–Trinajstić information content (AvgIpc) is 3.56. The maximum atomic E-state index is 14.2. The largest absolute Gasteiger partial charge is 0.479 e. The Bertz CT molecular complexity index is 1410. The fourth-order valence-electron chi connectivity index (χ4n) is 5.43. The number of rotatable bonds is 4. The van der Waals surface area contributed by atoms with Crippen LogP contribution in [-0.2, 0) is 14.3 Å². The van der Waals surface area contributed by atoms with Crippen molar-refractivity contribution < 1.29 is 23.8 Å². The number of ether oxygens (including phenoxy) is 2. The van der Waals surface area contributed by atoms with Crippen molar-refractivity contribution in [3.63, 3.8) is 0 Å². The molecule has 0 radical (unpaired) electrons. The first kappa shape index (κ1) is 21.2. The number of aromatic amines is 1. The average molecular weight is 464 g/mol. The zero-order valence-electron chi connectivity index (χ0n) is 18.8. The number of nitrogens with zero attached hydrogens (tertiary/aromatic N) is 3. The van der Waals surface area contributed by atoms with E-state index in [0.717, 1.165) is 46.2 Å². The van der Waals surface area contributed by atoms with Gasteiger partial charge in [0.2, 0.25) is 0 Å². The third-order valence-electron chi connectivity index (χ3n) is 7.11. The van der Waals surface area contributed by atoms with Crippen molar-refractivity contribution in [1.29, 1.82) is 0 Å². The minimum absolute atomic E-state index is 0.114. The first-order valence-corrected chi connectivity index (χ1v) is 11.6.